The molecule has 2 aromatic carbocycles. The second kappa shape index (κ2) is 8.06. The molecule has 1 unspecified atom stereocenters. The highest BCUT2D eigenvalue weighted by molar-refractivity contribution is 5.80. The third-order valence-electron chi connectivity index (χ3n) is 3.55. The molecule has 0 bridgehead atoms. The number of nitrogens with zero attached hydrogens (tertiary/aromatic N) is 2. The summed E-state index contributed by atoms with van der Waals surface area (Å²) in [6, 6.07) is 12.4. The zero-order valence-electron chi connectivity index (χ0n) is 13.5. The maximum Gasteiger partial charge on any atom is 0.191 e. The minimum absolute atomic E-state index is 0.359. The van der Waals surface area contributed by atoms with Crippen molar-refractivity contribution in [1.29, 1.82) is 5.26 Å². The van der Waals surface area contributed by atoms with Crippen molar-refractivity contribution in [2.24, 2.45) is 4.99 Å². The van der Waals surface area contributed by atoms with Gasteiger partial charge < -0.3 is 10.6 Å². The normalized spacial score (nSPS) is 12.4. The Morgan fingerprint density at radius 3 is 2.50 bits per heavy atom. The van der Waals surface area contributed by atoms with E-state index in [0.717, 1.165) is 11.6 Å². The molecule has 0 amide bonds. The van der Waals surface area contributed by atoms with Crippen molar-refractivity contribution in [1.82, 2.24) is 10.6 Å². The molecular formula is C18H18F2N4. The number of rotatable bonds is 4. The molecule has 0 saturated heterocycles. The molecule has 4 nitrogen and oxygen atoms in total. The summed E-state index contributed by atoms with van der Waals surface area (Å²) in [5.41, 5.74) is 1.94. The van der Waals surface area contributed by atoms with Gasteiger partial charge in [0.15, 0.2) is 5.96 Å². The molecule has 124 valence electrons. The molecule has 0 aliphatic heterocycles. The van der Waals surface area contributed by atoms with E-state index in [1.165, 1.54) is 12.1 Å². The van der Waals surface area contributed by atoms with Gasteiger partial charge in [0.1, 0.15) is 11.6 Å². The Balaban J connectivity index is 1.97. The van der Waals surface area contributed by atoms with E-state index in [-0.39, 0.29) is 6.04 Å². The third kappa shape index (κ3) is 4.53. The molecule has 0 heterocycles. The molecular weight excluding hydrogens is 310 g/mol. The van der Waals surface area contributed by atoms with Crippen LogP contribution in [0.2, 0.25) is 0 Å². The summed E-state index contributed by atoms with van der Waals surface area (Å²) in [5, 5.41) is 15.0. The topological polar surface area (TPSA) is 60.2 Å². The first kappa shape index (κ1) is 17.4. The van der Waals surface area contributed by atoms with Gasteiger partial charge in [0.25, 0.3) is 0 Å². The number of aliphatic imine (C=N–C) groups is 1. The van der Waals surface area contributed by atoms with Crippen LogP contribution in [-0.2, 0) is 6.54 Å². The quantitative estimate of drug-likeness (QED) is 0.669. The lowest BCUT2D eigenvalue weighted by molar-refractivity contribution is 0.551. The lowest BCUT2D eigenvalue weighted by atomic mass is 10.1. The van der Waals surface area contributed by atoms with Crippen LogP contribution in [0, 0.1) is 23.0 Å². The number of nitrogens with one attached hydrogen (secondary N) is 2. The van der Waals surface area contributed by atoms with Gasteiger partial charge in [-0.25, -0.2) is 8.78 Å². The molecule has 0 saturated carbocycles. The average Bonchev–Trinajstić information content (AvgIpc) is 2.58. The fraction of sp³-hybridized carbons (Fsp3) is 0.222. The molecule has 0 radical (unpaired) electrons. The van der Waals surface area contributed by atoms with E-state index in [0.29, 0.717) is 23.6 Å². The summed E-state index contributed by atoms with van der Waals surface area (Å²) in [5.74, 6) is -0.708. The maximum atomic E-state index is 13.8. The molecule has 1 atom stereocenters. The van der Waals surface area contributed by atoms with Gasteiger partial charge in [-0.1, -0.05) is 18.2 Å². The van der Waals surface area contributed by atoms with Gasteiger partial charge >= 0.3 is 0 Å². The second-order valence-electron chi connectivity index (χ2n) is 5.27. The molecule has 2 N–H and O–H groups in total. The Morgan fingerprint density at radius 1 is 1.21 bits per heavy atom. The minimum Gasteiger partial charge on any atom is -0.352 e. The van der Waals surface area contributed by atoms with Crippen molar-refractivity contribution in [2.75, 3.05) is 7.05 Å². The largest absolute Gasteiger partial charge is 0.352 e. The lowest BCUT2D eigenvalue weighted by Crippen LogP contribution is -2.38. The zero-order chi connectivity index (χ0) is 17.5. The van der Waals surface area contributed by atoms with Gasteiger partial charge in [0, 0.05) is 25.2 Å². The van der Waals surface area contributed by atoms with E-state index in [9.17, 15) is 8.78 Å². The Hall–Kier alpha value is -2.94. The number of halogens is 2. The number of guanidine groups is 1. The molecule has 6 heteroatoms. The Bertz CT molecular complexity index is 764. The Kier molecular flexibility index (Phi) is 5.85. The Labute approximate surface area is 139 Å². The molecule has 0 spiro atoms. The van der Waals surface area contributed by atoms with Crippen molar-refractivity contribution in [2.45, 2.75) is 19.5 Å². The van der Waals surface area contributed by atoms with Gasteiger partial charge in [-0.15, -0.1) is 0 Å². The van der Waals surface area contributed by atoms with E-state index in [1.807, 2.05) is 12.1 Å². The fourth-order valence-electron chi connectivity index (χ4n) is 2.21. The van der Waals surface area contributed by atoms with Gasteiger partial charge in [0.2, 0.25) is 0 Å². The first-order chi connectivity index (χ1) is 11.5. The highest BCUT2D eigenvalue weighted by Gasteiger charge is 2.13. The molecule has 0 aliphatic rings. The van der Waals surface area contributed by atoms with Crippen LogP contribution in [0.3, 0.4) is 0 Å². The summed E-state index contributed by atoms with van der Waals surface area (Å²) in [4.78, 5) is 4.10. The van der Waals surface area contributed by atoms with E-state index < -0.39 is 11.6 Å². The fourth-order valence-corrected chi connectivity index (χ4v) is 2.21. The van der Waals surface area contributed by atoms with Crippen LogP contribution in [0.5, 0.6) is 0 Å². The second-order valence-corrected chi connectivity index (χ2v) is 5.27. The molecule has 2 rings (SSSR count). The van der Waals surface area contributed by atoms with Gasteiger partial charge in [-0.2, -0.15) is 5.26 Å². The number of nitriles is 1. The summed E-state index contributed by atoms with van der Waals surface area (Å²) in [6.45, 7) is 2.27. The smallest absolute Gasteiger partial charge is 0.191 e. The van der Waals surface area contributed by atoms with Crippen LogP contribution >= 0.6 is 0 Å². The van der Waals surface area contributed by atoms with Gasteiger partial charge in [-0.05, 0) is 30.7 Å². The molecule has 0 aliphatic carbocycles. The summed E-state index contributed by atoms with van der Waals surface area (Å²) >= 11 is 0. The van der Waals surface area contributed by atoms with Crippen LogP contribution in [0.4, 0.5) is 8.78 Å². The zero-order valence-corrected chi connectivity index (χ0v) is 13.5. The highest BCUT2D eigenvalue weighted by Crippen LogP contribution is 2.17. The van der Waals surface area contributed by atoms with Crippen LogP contribution in [0.25, 0.3) is 0 Å². The van der Waals surface area contributed by atoms with Gasteiger partial charge in [0.05, 0.1) is 17.7 Å². The predicted octanol–water partition coefficient (Wildman–Crippen LogP) is 3.26. The monoisotopic (exact) mass is 328 g/mol. The van der Waals surface area contributed by atoms with Crippen molar-refractivity contribution in [3.63, 3.8) is 0 Å². The summed E-state index contributed by atoms with van der Waals surface area (Å²) < 4.78 is 26.8. The summed E-state index contributed by atoms with van der Waals surface area (Å²) in [7, 11) is 1.61. The van der Waals surface area contributed by atoms with Crippen molar-refractivity contribution >= 4 is 5.96 Å². The molecule has 0 fully saturated rings. The number of hydrogen-bond acceptors (Lipinski definition) is 2. The average molecular weight is 328 g/mol. The van der Waals surface area contributed by atoms with Crippen LogP contribution in [-0.4, -0.2) is 13.0 Å². The van der Waals surface area contributed by atoms with E-state index in [1.54, 1.807) is 26.1 Å². The first-order valence-electron chi connectivity index (χ1n) is 7.44. The number of hydrogen-bond donors (Lipinski definition) is 2. The standard InChI is InChI=1S/C18H18F2N4/c1-12(16-8-7-15(19)9-17(16)20)24-18(22-2)23-11-14-5-3-13(10-21)4-6-14/h3-9,12H,11H2,1-2H3,(H2,22,23,24). The summed E-state index contributed by atoms with van der Waals surface area (Å²) in [6.07, 6.45) is 0. The Morgan fingerprint density at radius 2 is 1.92 bits per heavy atom. The number of benzene rings is 2. The van der Waals surface area contributed by atoms with Crippen molar-refractivity contribution in [3.8, 4) is 6.07 Å². The van der Waals surface area contributed by atoms with Gasteiger partial charge in [-0.3, -0.25) is 4.99 Å². The first-order valence-corrected chi connectivity index (χ1v) is 7.44. The van der Waals surface area contributed by atoms with Crippen molar-refractivity contribution < 1.29 is 8.78 Å². The lowest BCUT2D eigenvalue weighted by Gasteiger charge is -2.19. The molecule has 0 aromatic heterocycles. The van der Waals surface area contributed by atoms with E-state index >= 15 is 0 Å². The van der Waals surface area contributed by atoms with E-state index in [2.05, 4.69) is 21.7 Å². The third-order valence-corrected chi connectivity index (χ3v) is 3.55. The SMILES string of the molecule is CN=C(NCc1ccc(C#N)cc1)NC(C)c1ccc(F)cc1F. The molecule has 24 heavy (non-hydrogen) atoms. The molecule has 2 aromatic rings. The van der Waals surface area contributed by atoms with Crippen LogP contribution in [0.15, 0.2) is 47.5 Å². The minimum atomic E-state index is -0.605. The van der Waals surface area contributed by atoms with Crippen LogP contribution < -0.4 is 10.6 Å². The van der Waals surface area contributed by atoms with Crippen LogP contribution in [0.1, 0.15) is 29.7 Å². The predicted molar refractivity (Wildman–Crippen MR) is 89.3 cm³/mol. The van der Waals surface area contributed by atoms with E-state index in [4.69, 9.17) is 5.26 Å². The highest BCUT2D eigenvalue weighted by atomic mass is 19.1. The maximum absolute atomic E-state index is 13.8. The van der Waals surface area contributed by atoms with Crippen molar-refractivity contribution in [3.05, 3.63) is 70.8 Å².